The summed E-state index contributed by atoms with van der Waals surface area (Å²) in [5.74, 6) is 0. The number of methoxy groups -OCH3 is 1. The molecule has 0 rings (SSSR count). The topological polar surface area (TPSA) is 107 Å². The Labute approximate surface area is 113 Å². The Morgan fingerprint density at radius 2 is 1.83 bits per heavy atom. The second-order valence-electron chi connectivity index (χ2n) is 3.76. The number of ether oxygens (including phenoxy) is 1. The van der Waals surface area contributed by atoms with Crippen molar-refractivity contribution >= 4 is 37.1 Å². The Bertz CT molecular complexity index is 471. The average molecular weight is 318 g/mol. The summed E-state index contributed by atoms with van der Waals surface area (Å²) in [6.07, 6.45) is 1.06. The molecule has 0 saturated carbocycles. The summed E-state index contributed by atoms with van der Waals surface area (Å²) in [5.41, 5.74) is 5.30. The Kier molecular flexibility index (Phi) is 7.22. The van der Waals surface area contributed by atoms with Crippen molar-refractivity contribution in [3.8, 4) is 0 Å². The molecule has 0 fully saturated rings. The lowest BCUT2D eigenvalue weighted by Crippen LogP contribution is -2.39. The van der Waals surface area contributed by atoms with E-state index >= 15 is 0 Å². The van der Waals surface area contributed by atoms with E-state index in [2.05, 4.69) is 12.2 Å². The molecule has 0 aliphatic heterocycles. The van der Waals surface area contributed by atoms with Gasteiger partial charge in [0.25, 0.3) is 0 Å². The van der Waals surface area contributed by atoms with Crippen molar-refractivity contribution in [1.29, 1.82) is 0 Å². The molecule has 0 saturated heterocycles. The molecule has 0 heterocycles. The number of nitrogens with two attached hydrogens (primary N) is 1. The van der Waals surface area contributed by atoms with Gasteiger partial charge >= 0.3 is 0 Å². The zero-order valence-corrected chi connectivity index (χ0v) is 12.8. The van der Waals surface area contributed by atoms with Crippen LogP contribution in [0, 0.1) is 0 Å². The normalized spacial score (nSPS) is 12.8. The van der Waals surface area contributed by atoms with Gasteiger partial charge in [-0.2, -0.15) is 4.31 Å². The fraction of sp³-hybridized carbons (Fsp3) is 0.875. The van der Waals surface area contributed by atoms with Crippen molar-refractivity contribution in [2.24, 2.45) is 5.73 Å². The average Bonchev–Trinajstić information content (AvgIpc) is 2.12. The fourth-order valence-electron chi connectivity index (χ4n) is 1.16. The van der Waals surface area contributed by atoms with E-state index in [0.29, 0.717) is 0 Å². The lowest BCUT2D eigenvalue weighted by Gasteiger charge is -2.21. The van der Waals surface area contributed by atoms with Gasteiger partial charge in [0, 0.05) is 32.9 Å². The van der Waals surface area contributed by atoms with Crippen LogP contribution in [0.4, 0.5) is 0 Å². The van der Waals surface area contributed by atoms with Crippen molar-refractivity contribution < 1.29 is 21.6 Å². The van der Waals surface area contributed by atoms with Crippen molar-refractivity contribution in [2.75, 3.05) is 38.1 Å². The summed E-state index contributed by atoms with van der Waals surface area (Å²) in [4.78, 5) is 0.173. The SMILES string of the molecule is COCCN(CCC(N)=S)S(=O)(=O)CS(C)(=O)=O. The molecule has 0 amide bonds. The number of thiocarbonyl (C=S) groups is 1. The standard InChI is InChI=1S/C8H18N2O5S3/c1-15-6-5-10(4-3-8(9)16)18(13,14)7-17(2,11)12/h3-7H2,1-2H3,(H2,9,16). The van der Waals surface area contributed by atoms with Gasteiger partial charge in [-0.15, -0.1) is 0 Å². The van der Waals surface area contributed by atoms with Crippen LogP contribution in [0.15, 0.2) is 0 Å². The molecule has 0 aromatic rings. The molecule has 0 aromatic heterocycles. The minimum absolute atomic E-state index is 0.0521. The van der Waals surface area contributed by atoms with Crippen molar-refractivity contribution in [2.45, 2.75) is 6.42 Å². The van der Waals surface area contributed by atoms with E-state index in [1.165, 1.54) is 7.11 Å². The molecular weight excluding hydrogens is 300 g/mol. The molecule has 0 spiro atoms. The smallest absolute Gasteiger partial charge is 0.228 e. The third kappa shape index (κ3) is 7.93. The second kappa shape index (κ2) is 7.34. The van der Waals surface area contributed by atoms with Crippen LogP contribution in [-0.2, 0) is 24.6 Å². The van der Waals surface area contributed by atoms with Gasteiger partial charge in [-0.25, -0.2) is 16.8 Å². The second-order valence-corrected chi connectivity index (χ2v) is 8.76. The molecule has 0 atom stereocenters. The van der Waals surface area contributed by atoms with E-state index < -0.39 is 24.9 Å². The largest absolute Gasteiger partial charge is 0.393 e. The van der Waals surface area contributed by atoms with E-state index in [1.807, 2.05) is 0 Å². The number of sulfone groups is 1. The number of rotatable bonds is 9. The highest BCUT2D eigenvalue weighted by Gasteiger charge is 2.26. The zero-order valence-electron chi connectivity index (χ0n) is 10.3. The Balaban J connectivity index is 4.86. The molecule has 0 aliphatic carbocycles. The summed E-state index contributed by atoms with van der Waals surface area (Å²) in [5, 5.41) is -0.930. The van der Waals surface area contributed by atoms with E-state index in [4.69, 9.17) is 10.5 Å². The van der Waals surface area contributed by atoms with Gasteiger partial charge in [0.1, 0.15) is 0 Å². The lowest BCUT2D eigenvalue weighted by molar-refractivity contribution is 0.180. The first-order valence-corrected chi connectivity index (χ1v) is 9.09. The van der Waals surface area contributed by atoms with Crippen LogP contribution in [-0.4, -0.2) is 64.3 Å². The van der Waals surface area contributed by atoms with Gasteiger partial charge in [0.2, 0.25) is 10.0 Å². The molecule has 0 unspecified atom stereocenters. The maximum atomic E-state index is 11.9. The van der Waals surface area contributed by atoms with Crippen LogP contribution in [0.25, 0.3) is 0 Å². The Morgan fingerprint density at radius 3 is 2.22 bits per heavy atom. The highest BCUT2D eigenvalue weighted by atomic mass is 32.3. The van der Waals surface area contributed by atoms with Gasteiger partial charge in [0.15, 0.2) is 14.9 Å². The molecule has 0 bridgehead atoms. The van der Waals surface area contributed by atoms with Gasteiger partial charge in [-0.05, 0) is 0 Å². The fourth-order valence-corrected chi connectivity index (χ4v) is 4.74. The monoisotopic (exact) mass is 318 g/mol. The number of hydrogen-bond acceptors (Lipinski definition) is 6. The summed E-state index contributed by atoms with van der Waals surface area (Å²) in [6, 6.07) is 0. The lowest BCUT2D eigenvalue weighted by atomic mass is 10.4. The van der Waals surface area contributed by atoms with E-state index in [0.717, 1.165) is 10.6 Å². The minimum Gasteiger partial charge on any atom is -0.393 e. The maximum Gasteiger partial charge on any atom is 0.228 e. The minimum atomic E-state index is -3.90. The van der Waals surface area contributed by atoms with Crippen LogP contribution in [0.1, 0.15) is 6.42 Å². The molecule has 108 valence electrons. The molecule has 18 heavy (non-hydrogen) atoms. The Morgan fingerprint density at radius 1 is 1.28 bits per heavy atom. The maximum absolute atomic E-state index is 11.9. The first-order chi connectivity index (χ1) is 8.08. The third-order valence-corrected chi connectivity index (χ3v) is 6.17. The number of hydrogen-bond donors (Lipinski definition) is 1. The zero-order chi connectivity index (χ0) is 14.4. The molecule has 7 nitrogen and oxygen atoms in total. The molecule has 2 N–H and O–H groups in total. The van der Waals surface area contributed by atoms with Gasteiger partial charge in [-0.3, -0.25) is 0 Å². The summed E-state index contributed by atoms with van der Waals surface area (Å²) in [6.45, 7) is 0.286. The third-order valence-electron chi connectivity index (χ3n) is 1.91. The Hall–Kier alpha value is -0.290. The van der Waals surface area contributed by atoms with Crippen LogP contribution >= 0.6 is 12.2 Å². The van der Waals surface area contributed by atoms with Gasteiger partial charge in [-0.1, -0.05) is 12.2 Å². The van der Waals surface area contributed by atoms with Gasteiger partial charge < -0.3 is 10.5 Å². The van der Waals surface area contributed by atoms with Crippen LogP contribution in [0.3, 0.4) is 0 Å². The summed E-state index contributed by atoms with van der Waals surface area (Å²) < 4.78 is 51.7. The predicted molar refractivity (Wildman–Crippen MR) is 73.5 cm³/mol. The molecular formula is C8H18N2O5S3. The van der Waals surface area contributed by atoms with Crippen LogP contribution in [0.5, 0.6) is 0 Å². The molecule has 0 aliphatic rings. The summed E-state index contributed by atoms with van der Waals surface area (Å²) in [7, 11) is -6.10. The summed E-state index contributed by atoms with van der Waals surface area (Å²) >= 11 is 4.67. The number of sulfonamides is 1. The van der Waals surface area contributed by atoms with E-state index in [1.54, 1.807) is 0 Å². The molecule has 10 heteroatoms. The predicted octanol–water partition coefficient (Wildman–Crippen LogP) is -1.06. The first-order valence-electron chi connectivity index (χ1n) is 5.01. The van der Waals surface area contributed by atoms with Crippen LogP contribution in [0.2, 0.25) is 0 Å². The first kappa shape index (κ1) is 17.7. The van der Waals surface area contributed by atoms with Crippen molar-refractivity contribution in [1.82, 2.24) is 4.31 Å². The van der Waals surface area contributed by atoms with E-state index in [-0.39, 0.29) is 31.1 Å². The van der Waals surface area contributed by atoms with Crippen molar-refractivity contribution in [3.63, 3.8) is 0 Å². The number of nitrogens with zero attached hydrogens (tertiary/aromatic N) is 1. The van der Waals surface area contributed by atoms with Gasteiger partial charge in [0.05, 0.1) is 11.6 Å². The van der Waals surface area contributed by atoms with Crippen LogP contribution < -0.4 is 5.73 Å². The highest BCUT2D eigenvalue weighted by molar-refractivity contribution is 8.06. The quantitative estimate of drug-likeness (QED) is 0.540. The highest BCUT2D eigenvalue weighted by Crippen LogP contribution is 2.06. The molecule has 0 aromatic carbocycles. The molecule has 0 radical (unpaired) electrons. The van der Waals surface area contributed by atoms with Crippen molar-refractivity contribution in [3.05, 3.63) is 0 Å². The van der Waals surface area contributed by atoms with E-state index in [9.17, 15) is 16.8 Å².